The number of hydrogen-bond donors (Lipinski definition) is 1. The van der Waals surface area contributed by atoms with Crippen molar-refractivity contribution < 1.29 is 19.1 Å². The van der Waals surface area contributed by atoms with E-state index in [1.165, 1.54) is 0 Å². The third-order valence-corrected chi connectivity index (χ3v) is 3.39. The molecule has 1 aliphatic rings. The molecule has 1 aromatic carbocycles. The van der Waals surface area contributed by atoms with E-state index in [1.807, 2.05) is 45.0 Å². The molecular formula is C17H21NO4. The molecule has 0 bridgehead atoms. The molecule has 0 aromatic heterocycles. The second kappa shape index (κ2) is 6.30. The molecule has 0 aliphatic carbocycles. The average Bonchev–Trinajstić information content (AvgIpc) is 2.38. The van der Waals surface area contributed by atoms with Crippen LogP contribution < -0.4 is 5.32 Å². The Labute approximate surface area is 130 Å². The van der Waals surface area contributed by atoms with Crippen molar-refractivity contribution in [1.29, 1.82) is 0 Å². The zero-order chi connectivity index (χ0) is 16.3. The monoisotopic (exact) mass is 303 g/mol. The Bertz CT molecular complexity index is 584. The summed E-state index contributed by atoms with van der Waals surface area (Å²) >= 11 is 0. The standard InChI is InChI=1S/C17H21NO4/c1-17(2,3)22-15(20)10-11-4-6-12(7-5-11)13-8-9-14(19)18-16(13)21/h4-7,13H,8-10H2,1-3H3,(H,18,19,21). The predicted molar refractivity (Wildman–Crippen MR) is 81.1 cm³/mol. The van der Waals surface area contributed by atoms with Crippen LogP contribution in [0.2, 0.25) is 0 Å². The minimum absolute atomic E-state index is 0.201. The van der Waals surface area contributed by atoms with Gasteiger partial charge in [0.2, 0.25) is 11.8 Å². The number of esters is 1. The van der Waals surface area contributed by atoms with Crippen LogP contribution in [0.3, 0.4) is 0 Å². The average molecular weight is 303 g/mol. The van der Waals surface area contributed by atoms with Crippen LogP contribution in [0.5, 0.6) is 0 Å². The number of amides is 2. The Hall–Kier alpha value is -2.17. The van der Waals surface area contributed by atoms with Gasteiger partial charge in [0.15, 0.2) is 0 Å². The Morgan fingerprint density at radius 3 is 2.41 bits per heavy atom. The number of carbonyl (C=O) groups excluding carboxylic acids is 3. The first-order valence-electron chi connectivity index (χ1n) is 7.39. The molecule has 1 heterocycles. The van der Waals surface area contributed by atoms with Crippen molar-refractivity contribution in [3.05, 3.63) is 35.4 Å². The maximum absolute atomic E-state index is 11.8. The van der Waals surface area contributed by atoms with Gasteiger partial charge in [-0.1, -0.05) is 24.3 Å². The Kier molecular flexibility index (Phi) is 4.64. The van der Waals surface area contributed by atoms with Gasteiger partial charge in [-0.3, -0.25) is 19.7 Å². The summed E-state index contributed by atoms with van der Waals surface area (Å²) in [5.74, 6) is -1.05. The number of rotatable bonds is 3. The first-order valence-corrected chi connectivity index (χ1v) is 7.39. The van der Waals surface area contributed by atoms with Gasteiger partial charge >= 0.3 is 5.97 Å². The summed E-state index contributed by atoms with van der Waals surface area (Å²) in [6.07, 6.45) is 1.08. The van der Waals surface area contributed by atoms with Crippen molar-refractivity contribution in [2.75, 3.05) is 0 Å². The van der Waals surface area contributed by atoms with Crippen LogP contribution in [0.4, 0.5) is 0 Å². The van der Waals surface area contributed by atoms with E-state index in [-0.39, 0.29) is 30.1 Å². The van der Waals surface area contributed by atoms with Crippen molar-refractivity contribution >= 4 is 17.8 Å². The van der Waals surface area contributed by atoms with Gasteiger partial charge < -0.3 is 4.74 Å². The Balaban J connectivity index is 2.00. The zero-order valence-corrected chi connectivity index (χ0v) is 13.1. The summed E-state index contributed by atoms with van der Waals surface area (Å²) in [6, 6.07) is 7.31. The molecule has 5 heteroatoms. The maximum atomic E-state index is 11.8. The summed E-state index contributed by atoms with van der Waals surface area (Å²) < 4.78 is 5.28. The third-order valence-electron chi connectivity index (χ3n) is 3.39. The molecule has 1 atom stereocenters. The molecule has 22 heavy (non-hydrogen) atoms. The molecule has 0 radical (unpaired) electrons. The van der Waals surface area contributed by atoms with Gasteiger partial charge in [0.05, 0.1) is 12.3 Å². The van der Waals surface area contributed by atoms with Crippen LogP contribution in [0, 0.1) is 0 Å². The van der Waals surface area contributed by atoms with Gasteiger partial charge in [-0.25, -0.2) is 0 Å². The summed E-state index contributed by atoms with van der Waals surface area (Å²) in [6.45, 7) is 5.49. The van der Waals surface area contributed by atoms with Crippen molar-refractivity contribution in [3.8, 4) is 0 Å². The van der Waals surface area contributed by atoms with Gasteiger partial charge in [-0.2, -0.15) is 0 Å². The molecule has 1 fully saturated rings. The molecule has 2 rings (SSSR count). The number of imide groups is 1. The maximum Gasteiger partial charge on any atom is 0.310 e. The first-order chi connectivity index (χ1) is 10.2. The fourth-order valence-corrected chi connectivity index (χ4v) is 2.42. The van der Waals surface area contributed by atoms with E-state index in [0.717, 1.165) is 11.1 Å². The van der Waals surface area contributed by atoms with Gasteiger partial charge in [0.1, 0.15) is 5.60 Å². The molecule has 1 aliphatic heterocycles. The molecule has 5 nitrogen and oxygen atoms in total. The van der Waals surface area contributed by atoms with Gasteiger partial charge in [-0.05, 0) is 38.3 Å². The largest absolute Gasteiger partial charge is 0.460 e. The molecular weight excluding hydrogens is 282 g/mol. The first kappa shape index (κ1) is 16.2. The highest BCUT2D eigenvalue weighted by molar-refractivity contribution is 6.00. The zero-order valence-electron chi connectivity index (χ0n) is 13.1. The van der Waals surface area contributed by atoms with Gasteiger partial charge in [-0.15, -0.1) is 0 Å². The van der Waals surface area contributed by atoms with Crippen LogP contribution in [0.15, 0.2) is 24.3 Å². The Morgan fingerprint density at radius 1 is 1.23 bits per heavy atom. The third kappa shape index (κ3) is 4.41. The van der Waals surface area contributed by atoms with Crippen molar-refractivity contribution in [1.82, 2.24) is 5.32 Å². The van der Waals surface area contributed by atoms with Crippen molar-refractivity contribution in [2.45, 2.75) is 51.6 Å². The van der Waals surface area contributed by atoms with E-state index in [9.17, 15) is 14.4 Å². The Morgan fingerprint density at radius 2 is 1.86 bits per heavy atom. The number of benzene rings is 1. The molecule has 1 N–H and O–H groups in total. The number of piperidine rings is 1. The van der Waals surface area contributed by atoms with Crippen LogP contribution in [0.1, 0.15) is 50.7 Å². The minimum atomic E-state index is -0.496. The van der Waals surface area contributed by atoms with E-state index in [4.69, 9.17) is 4.74 Å². The van der Waals surface area contributed by atoms with E-state index < -0.39 is 5.60 Å². The highest BCUT2D eigenvalue weighted by atomic mass is 16.6. The minimum Gasteiger partial charge on any atom is -0.460 e. The number of ether oxygens (including phenoxy) is 1. The molecule has 1 unspecified atom stereocenters. The van der Waals surface area contributed by atoms with Crippen LogP contribution >= 0.6 is 0 Å². The summed E-state index contributed by atoms with van der Waals surface area (Å²) in [7, 11) is 0. The lowest BCUT2D eigenvalue weighted by molar-refractivity contribution is -0.154. The molecule has 118 valence electrons. The molecule has 1 aromatic rings. The van der Waals surface area contributed by atoms with Gasteiger partial charge in [0.25, 0.3) is 0 Å². The number of hydrogen-bond acceptors (Lipinski definition) is 4. The lowest BCUT2D eigenvalue weighted by atomic mass is 9.90. The van der Waals surface area contributed by atoms with Crippen LogP contribution in [-0.4, -0.2) is 23.4 Å². The lowest BCUT2D eigenvalue weighted by Crippen LogP contribution is -2.39. The highest BCUT2D eigenvalue weighted by Gasteiger charge is 2.27. The van der Waals surface area contributed by atoms with E-state index in [1.54, 1.807) is 0 Å². The van der Waals surface area contributed by atoms with Crippen LogP contribution in [-0.2, 0) is 25.5 Å². The quantitative estimate of drug-likeness (QED) is 0.685. The molecule has 1 saturated heterocycles. The fraction of sp³-hybridized carbons (Fsp3) is 0.471. The smallest absolute Gasteiger partial charge is 0.310 e. The molecule has 0 spiro atoms. The predicted octanol–water partition coefficient (Wildman–Crippen LogP) is 2.09. The van der Waals surface area contributed by atoms with Crippen LogP contribution in [0.25, 0.3) is 0 Å². The van der Waals surface area contributed by atoms with E-state index in [2.05, 4.69) is 5.32 Å². The summed E-state index contributed by atoms with van der Waals surface area (Å²) in [5.41, 5.74) is 1.20. The lowest BCUT2D eigenvalue weighted by Gasteiger charge is -2.21. The second-order valence-corrected chi connectivity index (χ2v) is 6.51. The topological polar surface area (TPSA) is 72.5 Å². The van der Waals surface area contributed by atoms with E-state index in [0.29, 0.717) is 12.8 Å². The summed E-state index contributed by atoms with van der Waals surface area (Å²) in [4.78, 5) is 34.8. The van der Waals surface area contributed by atoms with Crippen molar-refractivity contribution in [2.24, 2.45) is 0 Å². The van der Waals surface area contributed by atoms with E-state index >= 15 is 0 Å². The highest BCUT2D eigenvalue weighted by Crippen LogP contribution is 2.25. The SMILES string of the molecule is CC(C)(C)OC(=O)Cc1ccc(C2CCC(=O)NC2=O)cc1. The molecule has 0 saturated carbocycles. The number of nitrogens with one attached hydrogen (secondary N) is 1. The second-order valence-electron chi connectivity index (χ2n) is 6.51. The summed E-state index contributed by atoms with van der Waals surface area (Å²) in [5, 5.41) is 2.35. The molecule has 2 amide bonds. The fourth-order valence-electron chi connectivity index (χ4n) is 2.42. The number of carbonyl (C=O) groups is 3. The van der Waals surface area contributed by atoms with Crippen molar-refractivity contribution in [3.63, 3.8) is 0 Å². The normalized spacial score (nSPS) is 18.8. The van der Waals surface area contributed by atoms with Gasteiger partial charge in [0, 0.05) is 6.42 Å².